The number of nitrogens with one attached hydrogen (secondary N) is 2. The zero-order valence-corrected chi connectivity index (χ0v) is 29.6. The molecule has 0 saturated heterocycles. The maximum absolute atomic E-state index is 13.9. The van der Waals surface area contributed by atoms with E-state index in [9.17, 15) is 27.9 Å². The summed E-state index contributed by atoms with van der Waals surface area (Å²) in [5.41, 5.74) is 5.75. The molecule has 3 aliphatic carbocycles. The Labute approximate surface area is 278 Å². The van der Waals surface area contributed by atoms with E-state index in [1.165, 1.54) is 6.42 Å². The van der Waals surface area contributed by atoms with E-state index in [0.29, 0.717) is 64.1 Å². The number of carbonyl (C=O) groups excluding carboxylic acids is 3. The third-order valence-corrected chi connectivity index (χ3v) is 12.2. The Bertz CT molecular complexity index is 1060. The summed E-state index contributed by atoms with van der Waals surface area (Å²) in [6.07, 6.45) is 12.5. The van der Waals surface area contributed by atoms with Gasteiger partial charge in [-0.3, -0.25) is 14.4 Å². The summed E-state index contributed by atoms with van der Waals surface area (Å²) in [6.45, 7) is 7.78. The molecule has 3 saturated carbocycles. The molecule has 0 bridgehead atoms. The molecule has 11 nitrogen and oxygen atoms in total. The van der Waals surface area contributed by atoms with Gasteiger partial charge in [0, 0.05) is 43.9 Å². The van der Waals surface area contributed by atoms with Crippen LogP contribution in [0.25, 0.3) is 0 Å². The van der Waals surface area contributed by atoms with Crippen molar-refractivity contribution >= 4 is 27.7 Å². The van der Waals surface area contributed by atoms with E-state index < -0.39 is 51.1 Å². The number of carbonyl (C=O) groups is 3. The molecule has 266 valence electrons. The quantitative estimate of drug-likeness (QED) is 0.161. The number of aliphatic hydroxyl groups excluding tert-OH is 1. The highest BCUT2D eigenvalue weighted by Crippen LogP contribution is 2.36. The van der Waals surface area contributed by atoms with Crippen molar-refractivity contribution in [1.29, 1.82) is 0 Å². The molecule has 3 rings (SSSR count). The number of nitrogens with two attached hydrogens (primary N) is 1. The molecule has 0 aromatic carbocycles. The topological polar surface area (TPSA) is 162 Å². The minimum Gasteiger partial charge on any atom is -0.390 e. The van der Waals surface area contributed by atoms with Crippen molar-refractivity contribution in [3.05, 3.63) is 0 Å². The van der Waals surface area contributed by atoms with E-state index in [1.807, 2.05) is 25.7 Å². The molecule has 0 aromatic rings. The summed E-state index contributed by atoms with van der Waals surface area (Å²) in [7, 11) is -3.59. The van der Waals surface area contributed by atoms with Crippen molar-refractivity contribution in [2.75, 3.05) is 26.2 Å². The number of sulfonamides is 1. The van der Waals surface area contributed by atoms with Crippen LogP contribution in [-0.2, 0) is 24.4 Å². The van der Waals surface area contributed by atoms with Gasteiger partial charge in [0.2, 0.25) is 27.7 Å². The zero-order valence-electron chi connectivity index (χ0n) is 28.8. The second-order valence-electron chi connectivity index (χ2n) is 14.3. The lowest BCUT2D eigenvalue weighted by Crippen LogP contribution is -2.55. The summed E-state index contributed by atoms with van der Waals surface area (Å²) in [5.74, 6) is -2.05. The van der Waals surface area contributed by atoms with Gasteiger partial charge in [-0.2, -0.15) is 0 Å². The standard InChI is InChI=1S/C34H63N5O6S/c1-4-17-38(18-5-2)34(43)28-22-26(32(35)41)21-27(23-28)33(42)36-30(20-25-13-9-7-10-14-25)31(40)24-39(19-6-3)37-46(44,45)29-15-11-8-12-16-29/h25-31,37,40H,4-24H2,1-3H3,(H2,35,41)(H,36,42). The molecule has 0 radical (unpaired) electrons. The van der Waals surface area contributed by atoms with Gasteiger partial charge in [0.1, 0.15) is 0 Å². The molecule has 5 atom stereocenters. The SMILES string of the molecule is CCCN(CC(O)C(CC1CCCCC1)NC(=O)C1CC(C(N)=O)CC(C(=O)N(CCC)CCC)C1)NS(=O)(=O)C1CCCCC1. The van der Waals surface area contributed by atoms with Gasteiger partial charge in [0.15, 0.2) is 0 Å². The molecule has 46 heavy (non-hydrogen) atoms. The summed E-state index contributed by atoms with van der Waals surface area (Å²) in [4.78, 5) is 44.5. The fourth-order valence-electron chi connectivity index (χ4n) is 7.92. The van der Waals surface area contributed by atoms with Gasteiger partial charge in [-0.25, -0.2) is 13.4 Å². The molecule has 0 heterocycles. The van der Waals surface area contributed by atoms with Crippen LogP contribution >= 0.6 is 0 Å². The largest absolute Gasteiger partial charge is 0.390 e. The predicted molar refractivity (Wildman–Crippen MR) is 181 cm³/mol. The average Bonchev–Trinajstić information content (AvgIpc) is 3.04. The van der Waals surface area contributed by atoms with Crippen molar-refractivity contribution in [3.63, 3.8) is 0 Å². The van der Waals surface area contributed by atoms with Gasteiger partial charge in [-0.15, -0.1) is 4.83 Å². The van der Waals surface area contributed by atoms with Gasteiger partial charge in [-0.05, 0) is 63.7 Å². The summed E-state index contributed by atoms with van der Waals surface area (Å²) >= 11 is 0. The molecular weight excluding hydrogens is 606 g/mol. The first kappa shape index (κ1) is 38.7. The second-order valence-corrected chi connectivity index (χ2v) is 16.2. The predicted octanol–water partition coefficient (Wildman–Crippen LogP) is 3.85. The van der Waals surface area contributed by atoms with E-state index in [4.69, 9.17) is 5.73 Å². The molecule has 3 amide bonds. The number of amides is 3. The van der Waals surface area contributed by atoms with E-state index in [2.05, 4.69) is 10.1 Å². The molecule has 0 aliphatic heterocycles. The zero-order chi connectivity index (χ0) is 33.7. The monoisotopic (exact) mass is 669 g/mol. The number of hydrogen-bond donors (Lipinski definition) is 4. The van der Waals surface area contributed by atoms with Crippen LogP contribution in [0, 0.1) is 23.7 Å². The summed E-state index contributed by atoms with van der Waals surface area (Å²) < 4.78 is 26.5. The third-order valence-electron chi connectivity index (χ3n) is 10.4. The lowest BCUT2D eigenvalue weighted by molar-refractivity contribution is -0.141. The van der Waals surface area contributed by atoms with Crippen molar-refractivity contribution in [1.82, 2.24) is 20.1 Å². The Morgan fingerprint density at radius 2 is 1.35 bits per heavy atom. The van der Waals surface area contributed by atoms with Crippen molar-refractivity contribution in [3.8, 4) is 0 Å². The molecule has 3 fully saturated rings. The number of hydrazine groups is 1. The smallest absolute Gasteiger partial charge is 0.227 e. The van der Waals surface area contributed by atoms with Gasteiger partial charge < -0.3 is 21.1 Å². The number of aliphatic hydroxyl groups is 1. The minimum atomic E-state index is -3.59. The van der Waals surface area contributed by atoms with Crippen LogP contribution in [0.5, 0.6) is 0 Å². The molecule has 12 heteroatoms. The number of nitrogens with zero attached hydrogens (tertiary/aromatic N) is 2. The van der Waals surface area contributed by atoms with Crippen molar-refractivity contribution in [2.45, 2.75) is 147 Å². The lowest BCUT2D eigenvalue weighted by Gasteiger charge is -2.37. The molecule has 3 aliphatic rings. The molecule has 5 N–H and O–H groups in total. The highest BCUT2D eigenvalue weighted by molar-refractivity contribution is 7.90. The summed E-state index contributed by atoms with van der Waals surface area (Å²) in [5, 5.41) is 15.9. The Hall–Kier alpha value is -1.76. The van der Waals surface area contributed by atoms with E-state index in [-0.39, 0.29) is 24.8 Å². The highest BCUT2D eigenvalue weighted by atomic mass is 32.2. The second kappa shape index (κ2) is 19.3. The molecule has 0 spiro atoms. The fourth-order valence-corrected chi connectivity index (χ4v) is 9.55. The third kappa shape index (κ3) is 11.7. The van der Waals surface area contributed by atoms with Crippen LogP contribution in [0.15, 0.2) is 0 Å². The molecule has 0 aromatic heterocycles. The van der Waals surface area contributed by atoms with Crippen LogP contribution in [-0.4, -0.2) is 84.7 Å². The van der Waals surface area contributed by atoms with Gasteiger partial charge >= 0.3 is 0 Å². The normalized spacial score (nSPS) is 24.8. The maximum atomic E-state index is 13.9. The Morgan fingerprint density at radius 3 is 1.91 bits per heavy atom. The van der Waals surface area contributed by atoms with Gasteiger partial charge in [0.25, 0.3) is 0 Å². The van der Waals surface area contributed by atoms with Crippen LogP contribution in [0.4, 0.5) is 0 Å². The molecule has 5 unspecified atom stereocenters. The van der Waals surface area contributed by atoms with Crippen LogP contribution < -0.4 is 15.9 Å². The average molecular weight is 670 g/mol. The Morgan fingerprint density at radius 1 is 0.804 bits per heavy atom. The Kier molecular flexibility index (Phi) is 16.2. The van der Waals surface area contributed by atoms with E-state index >= 15 is 0 Å². The van der Waals surface area contributed by atoms with Crippen molar-refractivity contribution < 1.29 is 27.9 Å². The first-order valence-corrected chi connectivity index (χ1v) is 19.9. The highest BCUT2D eigenvalue weighted by Gasteiger charge is 2.41. The number of rotatable bonds is 18. The maximum Gasteiger partial charge on any atom is 0.227 e. The first-order valence-electron chi connectivity index (χ1n) is 18.3. The van der Waals surface area contributed by atoms with E-state index in [0.717, 1.165) is 57.8 Å². The van der Waals surface area contributed by atoms with Crippen LogP contribution in [0.2, 0.25) is 0 Å². The number of primary amides is 1. The number of hydrogen-bond acceptors (Lipinski definition) is 7. The van der Waals surface area contributed by atoms with Gasteiger partial charge in [0.05, 0.1) is 17.4 Å². The van der Waals surface area contributed by atoms with Gasteiger partial charge in [-0.1, -0.05) is 72.1 Å². The first-order chi connectivity index (χ1) is 22.0. The lowest BCUT2D eigenvalue weighted by atomic mass is 9.73. The van der Waals surface area contributed by atoms with E-state index in [1.54, 1.807) is 5.01 Å². The van der Waals surface area contributed by atoms with Crippen LogP contribution in [0.1, 0.15) is 130 Å². The van der Waals surface area contributed by atoms with Crippen LogP contribution in [0.3, 0.4) is 0 Å². The fraction of sp³-hybridized carbons (Fsp3) is 0.912. The molecular formula is C34H63N5O6S. The summed E-state index contributed by atoms with van der Waals surface area (Å²) in [6, 6.07) is -0.589. The Balaban J connectivity index is 1.77. The minimum absolute atomic E-state index is 0.0216. The van der Waals surface area contributed by atoms with Crippen molar-refractivity contribution in [2.24, 2.45) is 29.4 Å².